The molecule has 2 heterocycles. The van der Waals surface area contributed by atoms with Crippen molar-refractivity contribution < 1.29 is 19.2 Å². The summed E-state index contributed by atoms with van der Waals surface area (Å²) in [6, 6.07) is 18.4. The molecule has 1 amide bonds. The Bertz CT molecular complexity index is 1400. The van der Waals surface area contributed by atoms with Gasteiger partial charge in [-0.1, -0.05) is 24.3 Å². The first kappa shape index (κ1) is 28.2. The van der Waals surface area contributed by atoms with Crippen molar-refractivity contribution in [1.29, 1.82) is 0 Å². The maximum atomic E-state index is 12.5. The summed E-state index contributed by atoms with van der Waals surface area (Å²) in [5.74, 6) is 0.595. The Balaban J connectivity index is 1.34. The second-order valence-corrected chi connectivity index (χ2v) is 11.4. The Kier molecular flexibility index (Phi) is 7.98. The van der Waals surface area contributed by atoms with E-state index in [1.165, 1.54) is 6.07 Å². The van der Waals surface area contributed by atoms with E-state index in [0.717, 1.165) is 49.3 Å². The van der Waals surface area contributed by atoms with E-state index in [0.29, 0.717) is 24.7 Å². The lowest BCUT2D eigenvalue weighted by atomic mass is 9.75. The molecule has 0 unspecified atom stereocenters. The fourth-order valence-corrected chi connectivity index (χ4v) is 5.01. The van der Waals surface area contributed by atoms with Crippen LogP contribution in [0.15, 0.2) is 60.7 Å². The summed E-state index contributed by atoms with van der Waals surface area (Å²) in [4.78, 5) is 30.6. The van der Waals surface area contributed by atoms with Crippen LogP contribution in [0.4, 0.5) is 39.2 Å². The van der Waals surface area contributed by atoms with Gasteiger partial charge in [0.15, 0.2) is 0 Å². The number of carbonyl (C=O) groups is 1. The molecule has 11 heteroatoms. The number of morpholine rings is 1. The standard InChI is InChI=1S/C30H36N6O5/c1-29(2,3)34-28(37)41-30(15-6-16-30)21-9-11-22(12-10-21)31-27-25(36(38)39)13-14-26(33-27)32-23-7-4-5-8-24(23)35-17-19-40-20-18-35/h4-5,7-14H,6,15-20H2,1-3H3,(H,34,37)(H2,31,32,33). The summed E-state index contributed by atoms with van der Waals surface area (Å²) in [5, 5.41) is 21.1. The van der Waals surface area contributed by atoms with E-state index in [9.17, 15) is 14.9 Å². The summed E-state index contributed by atoms with van der Waals surface area (Å²) in [6.45, 7) is 8.60. The molecule has 3 N–H and O–H groups in total. The molecule has 41 heavy (non-hydrogen) atoms. The first-order valence-corrected chi connectivity index (χ1v) is 13.8. The van der Waals surface area contributed by atoms with Gasteiger partial charge in [-0.3, -0.25) is 10.1 Å². The number of aromatic nitrogens is 1. The summed E-state index contributed by atoms with van der Waals surface area (Å²) >= 11 is 0. The van der Waals surface area contributed by atoms with Gasteiger partial charge < -0.3 is 30.3 Å². The van der Waals surface area contributed by atoms with Gasteiger partial charge >= 0.3 is 11.8 Å². The molecule has 1 saturated heterocycles. The zero-order chi connectivity index (χ0) is 29.0. The summed E-state index contributed by atoms with van der Waals surface area (Å²) < 4.78 is 11.4. The maximum Gasteiger partial charge on any atom is 0.408 e. The Hall–Kier alpha value is -4.38. The number of nitrogens with zero attached hydrogens (tertiary/aromatic N) is 3. The van der Waals surface area contributed by atoms with Crippen LogP contribution in [0.25, 0.3) is 0 Å². The highest BCUT2D eigenvalue weighted by atomic mass is 16.6. The number of ether oxygens (including phenoxy) is 2. The van der Waals surface area contributed by atoms with Gasteiger partial charge in [0.2, 0.25) is 5.82 Å². The van der Waals surface area contributed by atoms with Crippen LogP contribution in [0.5, 0.6) is 0 Å². The number of hydrogen-bond donors (Lipinski definition) is 3. The number of alkyl carbamates (subject to hydrolysis) is 1. The third-order valence-corrected chi connectivity index (χ3v) is 7.19. The van der Waals surface area contributed by atoms with Gasteiger partial charge in [-0.2, -0.15) is 0 Å². The van der Waals surface area contributed by atoms with Gasteiger partial charge in [0, 0.05) is 30.4 Å². The average Bonchev–Trinajstić information content (AvgIpc) is 2.91. The Morgan fingerprint density at radius 3 is 2.37 bits per heavy atom. The first-order valence-electron chi connectivity index (χ1n) is 13.8. The number of nitrogens with one attached hydrogen (secondary N) is 3. The van der Waals surface area contributed by atoms with Crippen LogP contribution in [0.1, 0.15) is 45.6 Å². The fourth-order valence-electron chi connectivity index (χ4n) is 5.01. The normalized spacial score (nSPS) is 16.3. The molecule has 0 spiro atoms. The van der Waals surface area contributed by atoms with E-state index in [2.05, 4.69) is 25.8 Å². The average molecular weight is 561 g/mol. The lowest BCUT2D eigenvalue weighted by molar-refractivity contribution is -0.384. The lowest BCUT2D eigenvalue weighted by Gasteiger charge is -2.42. The van der Waals surface area contributed by atoms with Crippen molar-refractivity contribution >= 4 is 40.5 Å². The molecule has 0 atom stereocenters. The molecule has 2 fully saturated rings. The van der Waals surface area contributed by atoms with Gasteiger partial charge in [-0.05, 0) is 75.9 Å². The van der Waals surface area contributed by atoms with Crippen molar-refractivity contribution in [1.82, 2.24) is 10.3 Å². The quantitative estimate of drug-likeness (QED) is 0.217. The molecule has 1 aliphatic carbocycles. The van der Waals surface area contributed by atoms with E-state index in [4.69, 9.17) is 9.47 Å². The number of benzene rings is 2. The number of rotatable bonds is 8. The Morgan fingerprint density at radius 1 is 1.02 bits per heavy atom. The van der Waals surface area contributed by atoms with E-state index < -0.39 is 22.2 Å². The zero-order valence-electron chi connectivity index (χ0n) is 23.6. The highest BCUT2D eigenvalue weighted by Gasteiger charge is 2.43. The van der Waals surface area contributed by atoms with Crippen LogP contribution in [0, 0.1) is 10.1 Å². The van der Waals surface area contributed by atoms with Gasteiger partial charge in [-0.25, -0.2) is 9.78 Å². The SMILES string of the molecule is CC(C)(C)NC(=O)OC1(c2ccc(Nc3nc(Nc4ccccc4N4CCOCC4)ccc3[N+](=O)[O-])cc2)CCC1. The largest absolute Gasteiger partial charge is 0.438 e. The van der Waals surface area contributed by atoms with Crippen LogP contribution in [-0.4, -0.2) is 47.8 Å². The number of nitro groups is 1. The van der Waals surface area contributed by atoms with E-state index in [1.54, 1.807) is 6.07 Å². The van der Waals surface area contributed by atoms with Crippen molar-refractivity contribution in [2.24, 2.45) is 0 Å². The van der Waals surface area contributed by atoms with Gasteiger partial charge in [-0.15, -0.1) is 0 Å². The smallest absolute Gasteiger partial charge is 0.408 e. The second kappa shape index (κ2) is 11.6. The minimum atomic E-state index is -0.671. The molecule has 11 nitrogen and oxygen atoms in total. The molecule has 1 aliphatic heterocycles. The topological polar surface area (TPSA) is 131 Å². The second-order valence-electron chi connectivity index (χ2n) is 11.4. The summed E-state index contributed by atoms with van der Waals surface area (Å²) in [5.41, 5.74) is 2.18. The van der Waals surface area contributed by atoms with Crippen LogP contribution in [0.2, 0.25) is 0 Å². The van der Waals surface area contributed by atoms with Crippen molar-refractivity contribution in [3.05, 3.63) is 76.3 Å². The molecule has 2 aliphatic rings. The van der Waals surface area contributed by atoms with Crippen molar-refractivity contribution in [3.63, 3.8) is 0 Å². The monoisotopic (exact) mass is 560 g/mol. The minimum Gasteiger partial charge on any atom is -0.438 e. The van der Waals surface area contributed by atoms with Crippen LogP contribution >= 0.6 is 0 Å². The first-order chi connectivity index (χ1) is 19.6. The maximum absolute atomic E-state index is 12.5. The molecule has 3 aromatic rings. The number of amides is 1. The number of hydrogen-bond acceptors (Lipinski definition) is 9. The number of carbonyl (C=O) groups excluding carboxylic acids is 1. The van der Waals surface area contributed by atoms with Crippen molar-refractivity contribution in [3.8, 4) is 0 Å². The third kappa shape index (κ3) is 6.68. The Labute approximate surface area is 239 Å². The van der Waals surface area contributed by atoms with Gasteiger partial charge in [0.05, 0.1) is 29.5 Å². The number of pyridine rings is 1. The minimum absolute atomic E-state index is 0.121. The van der Waals surface area contributed by atoms with E-state index in [-0.39, 0.29) is 11.5 Å². The van der Waals surface area contributed by atoms with Crippen LogP contribution in [0.3, 0.4) is 0 Å². The van der Waals surface area contributed by atoms with Crippen LogP contribution < -0.4 is 20.9 Å². The molecule has 216 valence electrons. The molecule has 2 aromatic carbocycles. The predicted molar refractivity (Wildman–Crippen MR) is 158 cm³/mol. The lowest BCUT2D eigenvalue weighted by Crippen LogP contribution is -2.47. The molecule has 0 radical (unpaired) electrons. The van der Waals surface area contributed by atoms with E-state index in [1.807, 2.05) is 69.3 Å². The molecule has 5 rings (SSSR count). The fraction of sp³-hybridized carbons (Fsp3) is 0.400. The summed E-state index contributed by atoms with van der Waals surface area (Å²) in [7, 11) is 0. The summed E-state index contributed by atoms with van der Waals surface area (Å²) in [6.07, 6.45) is 2.00. The molecule has 1 aromatic heterocycles. The Morgan fingerprint density at radius 2 is 1.73 bits per heavy atom. The van der Waals surface area contributed by atoms with Crippen molar-refractivity contribution in [2.75, 3.05) is 41.8 Å². The highest BCUT2D eigenvalue weighted by molar-refractivity contribution is 5.76. The molecular formula is C30H36N6O5. The van der Waals surface area contributed by atoms with E-state index >= 15 is 0 Å². The van der Waals surface area contributed by atoms with Crippen LogP contribution in [-0.2, 0) is 15.1 Å². The third-order valence-electron chi connectivity index (χ3n) is 7.19. The number of anilines is 5. The number of para-hydroxylation sites is 2. The van der Waals surface area contributed by atoms with Gasteiger partial charge in [0.25, 0.3) is 0 Å². The molecule has 1 saturated carbocycles. The predicted octanol–water partition coefficient (Wildman–Crippen LogP) is 6.22. The molecule has 0 bridgehead atoms. The van der Waals surface area contributed by atoms with Gasteiger partial charge in [0.1, 0.15) is 11.4 Å². The van der Waals surface area contributed by atoms with Crippen molar-refractivity contribution in [2.45, 2.75) is 51.2 Å². The zero-order valence-corrected chi connectivity index (χ0v) is 23.6. The highest BCUT2D eigenvalue weighted by Crippen LogP contribution is 2.45. The molecular weight excluding hydrogens is 524 g/mol.